The van der Waals surface area contributed by atoms with Gasteiger partial charge in [0.1, 0.15) is 0 Å². The summed E-state index contributed by atoms with van der Waals surface area (Å²) in [5, 5.41) is 0. The third-order valence-electron chi connectivity index (χ3n) is 11.0. The van der Waals surface area contributed by atoms with E-state index < -0.39 is 0 Å². The molecule has 282 valence electrons. The number of hydrogen-bond acceptors (Lipinski definition) is 2. The van der Waals surface area contributed by atoms with Crippen LogP contribution in [0.3, 0.4) is 0 Å². The normalized spacial score (nSPS) is 11.1. The predicted molar refractivity (Wildman–Crippen MR) is 239 cm³/mol. The Balaban J connectivity index is 0.927. The van der Waals surface area contributed by atoms with Crippen molar-refractivity contribution in [3.63, 3.8) is 0 Å². The molecule has 7 aromatic rings. The Morgan fingerprint density at radius 3 is 0.625 bits per heavy atom. The maximum atomic E-state index is 2.49. The maximum absolute atomic E-state index is 2.49. The molecule has 0 saturated carbocycles. The van der Waals surface area contributed by atoms with Crippen LogP contribution >= 0.6 is 0 Å². The van der Waals surface area contributed by atoms with Crippen molar-refractivity contribution in [2.45, 2.75) is 79.6 Å². The number of anilines is 2. The van der Waals surface area contributed by atoms with Gasteiger partial charge < -0.3 is 9.80 Å². The summed E-state index contributed by atoms with van der Waals surface area (Å²) in [4.78, 5) is 4.97. The summed E-state index contributed by atoms with van der Waals surface area (Å²) in [6, 6.07) is 63.5. The van der Waals surface area contributed by atoms with Crippen LogP contribution in [0.4, 0.5) is 11.4 Å². The molecule has 0 unspecified atom stereocenters. The zero-order valence-electron chi connectivity index (χ0n) is 33.7. The van der Waals surface area contributed by atoms with Crippen molar-refractivity contribution in [1.29, 1.82) is 0 Å². The van der Waals surface area contributed by atoms with Gasteiger partial charge in [0.05, 0.1) is 0 Å². The molecule has 0 bridgehead atoms. The molecular weight excluding hydrogens is 677 g/mol. The van der Waals surface area contributed by atoms with Gasteiger partial charge >= 0.3 is 0 Å². The lowest BCUT2D eigenvalue weighted by molar-refractivity contribution is 0.798. The van der Waals surface area contributed by atoms with Gasteiger partial charge in [-0.1, -0.05) is 168 Å². The first-order valence-corrected chi connectivity index (χ1v) is 20.3. The Labute approximate surface area is 336 Å². The maximum Gasteiger partial charge on any atom is 0.0433 e. The van der Waals surface area contributed by atoms with Gasteiger partial charge in [0, 0.05) is 37.6 Å². The Hall–Kier alpha value is -5.86. The molecule has 0 saturated heterocycles. The fraction of sp³-hybridized carbons (Fsp3) is 0.222. The summed E-state index contributed by atoms with van der Waals surface area (Å²) in [7, 11) is 0. The van der Waals surface area contributed by atoms with E-state index in [2.05, 4.69) is 207 Å². The molecule has 0 N–H and O–H groups in total. The van der Waals surface area contributed by atoms with Crippen molar-refractivity contribution >= 4 is 11.4 Å². The minimum atomic E-state index is 0.882. The van der Waals surface area contributed by atoms with Crippen molar-refractivity contribution in [2.24, 2.45) is 0 Å². The molecule has 0 heterocycles. The average Bonchev–Trinajstić information content (AvgIpc) is 3.23. The summed E-state index contributed by atoms with van der Waals surface area (Å²) in [6.45, 7) is 12.1. The van der Waals surface area contributed by atoms with E-state index in [9.17, 15) is 0 Å². The van der Waals surface area contributed by atoms with Crippen LogP contribution in [0.25, 0.3) is 0 Å². The largest absolute Gasteiger partial charge is 0.363 e. The second-order valence-electron chi connectivity index (χ2n) is 15.8. The third kappa shape index (κ3) is 11.1. The highest BCUT2D eigenvalue weighted by Crippen LogP contribution is 2.24. The van der Waals surface area contributed by atoms with Gasteiger partial charge in [0.25, 0.3) is 0 Å². The summed E-state index contributed by atoms with van der Waals surface area (Å²) in [6.07, 6.45) is 4.15. The SMILES string of the molecule is Cc1ccc(CN(Cc2ccc(C)cc2)c2ccc(CCc3ccc(CCc4ccc(N(Cc5ccc(C)cc5)Cc5ccc(C)cc5)cc4)cc3)cc2)cc1. The molecule has 0 aromatic heterocycles. The van der Waals surface area contributed by atoms with Crippen LogP contribution in [0.15, 0.2) is 170 Å². The van der Waals surface area contributed by atoms with Gasteiger partial charge in [-0.15, -0.1) is 0 Å². The van der Waals surface area contributed by atoms with E-state index in [1.54, 1.807) is 0 Å². The van der Waals surface area contributed by atoms with Gasteiger partial charge in [-0.2, -0.15) is 0 Å². The van der Waals surface area contributed by atoms with Gasteiger partial charge in [-0.25, -0.2) is 0 Å². The molecule has 0 fully saturated rings. The molecule has 0 radical (unpaired) electrons. The Kier molecular flexibility index (Phi) is 12.8. The van der Waals surface area contributed by atoms with Gasteiger partial charge in [-0.3, -0.25) is 0 Å². The Morgan fingerprint density at radius 1 is 0.232 bits per heavy atom. The van der Waals surface area contributed by atoms with Crippen LogP contribution in [0.5, 0.6) is 0 Å². The molecule has 2 heteroatoms. The Morgan fingerprint density at radius 2 is 0.411 bits per heavy atom. The van der Waals surface area contributed by atoms with E-state index in [4.69, 9.17) is 0 Å². The standard InChI is InChI=1S/C54H56N2/c1-41-5-13-49(14-6-41)37-55(38-50-15-7-42(2)8-16-50)53-33-29-47(30-34-53)27-25-45-21-23-46(24-22-45)26-28-48-31-35-54(36-32-48)56(39-51-17-9-43(3)10-18-51)40-52-19-11-44(4)12-20-52/h5-24,29-36H,25-28,37-40H2,1-4H3. The zero-order chi connectivity index (χ0) is 38.7. The monoisotopic (exact) mass is 732 g/mol. The molecule has 0 amide bonds. The van der Waals surface area contributed by atoms with Crippen LogP contribution in [0, 0.1) is 27.7 Å². The van der Waals surface area contributed by atoms with Crippen LogP contribution in [0.2, 0.25) is 0 Å². The molecule has 0 spiro atoms. The zero-order valence-corrected chi connectivity index (χ0v) is 33.7. The summed E-state index contributed by atoms with van der Waals surface area (Å²) in [5.41, 5.74) is 18.6. The van der Waals surface area contributed by atoms with Crippen molar-refractivity contribution in [2.75, 3.05) is 9.80 Å². The van der Waals surface area contributed by atoms with E-state index in [0.717, 1.165) is 51.9 Å². The molecule has 7 aromatic carbocycles. The van der Waals surface area contributed by atoms with E-state index in [0.29, 0.717) is 0 Å². The summed E-state index contributed by atoms with van der Waals surface area (Å²) in [5.74, 6) is 0. The molecule has 7 rings (SSSR count). The second-order valence-corrected chi connectivity index (χ2v) is 15.8. The fourth-order valence-electron chi connectivity index (χ4n) is 7.33. The highest BCUT2D eigenvalue weighted by molar-refractivity contribution is 5.51. The number of nitrogens with zero attached hydrogens (tertiary/aromatic N) is 2. The first-order chi connectivity index (χ1) is 27.3. The van der Waals surface area contributed by atoms with Gasteiger partial charge in [0.15, 0.2) is 0 Å². The first-order valence-electron chi connectivity index (χ1n) is 20.3. The lowest BCUT2D eigenvalue weighted by atomic mass is 10.00. The second kappa shape index (κ2) is 18.7. The summed E-state index contributed by atoms with van der Waals surface area (Å²) < 4.78 is 0. The molecule has 0 aliphatic carbocycles. The first kappa shape index (κ1) is 38.4. The topological polar surface area (TPSA) is 6.48 Å². The van der Waals surface area contributed by atoms with Crippen molar-refractivity contribution in [1.82, 2.24) is 0 Å². The highest BCUT2D eigenvalue weighted by atomic mass is 15.1. The third-order valence-corrected chi connectivity index (χ3v) is 11.0. The predicted octanol–water partition coefficient (Wildman–Crippen LogP) is 12.9. The van der Waals surface area contributed by atoms with Crippen LogP contribution in [0.1, 0.15) is 66.8 Å². The number of hydrogen-bond donors (Lipinski definition) is 0. The quantitative estimate of drug-likeness (QED) is 0.0976. The van der Waals surface area contributed by atoms with Crippen LogP contribution in [-0.2, 0) is 51.9 Å². The van der Waals surface area contributed by atoms with E-state index in [1.165, 1.54) is 78.1 Å². The van der Waals surface area contributed by atoms with Gasteiger partial charge in [-0.05, 0) is 122 Å². The van der Waals surface area contributed by atoms with Gasteiger partial charge in [0.2, 0.25) is 0 Å². The fourth-order valence-corrected chi connectivity index (χ4v) is 7.33. The van der Waals surface area contributed by atoms with E-state index in [1.807, 2.05) is 0 Å². The lowest BCUT2D eigenvalue weighted by Crippen LogP contribution is -2.22. The van der Waals surface area contributed by atoms with Crippen molar-refractivity contribution in [3.8, 4) is 0 Å². The molecule has 2 nitrogen and oxygen atoms in total. The van der Waals surface area contributed by atoms with Crippen molar-refractivity contribution < 1.29 is 0 Å². The molecule has 0 aliphatic rings. The number of rotatable bonds is 16. The van der Waals surface area contributed by atoms with Crippen LogP contribution < -0.4 is 9.80 Å². The number of aryl methyl sites for hydroxylation is 8. The van der Waals surface area contributed by atoms with Crippen LogP contribution in [-0.4, -0.2) is 0 Å². The number of benzene rings is 7. The average molecular weight is 733 g/mol. The summed E-state index contributed by atoms with van der Waals surface area (Å²) >= 11 is 0. The minimum absolute atomic E-state index is 0.882. The molecule has 56 heavy (non-hydrogen) atoms. The lowest BCUT2D eigenvalue weighted by Gasteiger charge is -2.26. The van der Waals surface area contributed by atoms with Crippen molar-refractivity contribution in [3.05, 3.63) is 237 Å². The Bertz CT molecular complexity index is 1970. The molecular formula is C54H56N2. The highest BCUT2D eigenvalue weighted by Gasteiger charge is 2.12. The van der Waals surface area contributed by atoms with E-state index in [-0.39, 0.29) is 0 Å². The smallest absolute Gasteiger partial charge is 0.0433 e. The molecule has 0 aliphatic heterocycles. The molecule has 0 atom stereocenters. The minimum Gasteiger partial charge on any atom is -0.363 e. The van der Waals surface area contributed by atoms with E-state index >= 15 is 0 Å².